The Hall–Kier alpha value is -2.08. The van der Waals surface area contributed by atoms with Gasteiger partial charge in [0.15, 0.2) is 0 Å². The zero-order valence-electron chi connectivity index (χ0n) is 16.4. The average molecular weight is 386 g/mol. The van der Waals surface area contributed by atoms with Crippen molar-refractivity contribution in [3.8, 4) is 5.75 Å². The van der Waals surface area contributed by atoms with E-state index < -0.39 is 6.04 Å². The van der Waals surface area contributed by atoms with Crippen molar-refractivity contribution in [1.29, 1.82) is 0 Å². The van der Waals surface area contributed by atoms with Crippen LogP contribution in [0.4, 0.5) is 0 Å². The molecule has 0 N–H and O–H groups in total. The molecule has 0 bridgehead atoms. The molecule has 2 heterocycles. The third kappa shape index (κ3) is 4.49. The maximum Gasteiger partial charge on any atom is 0.245 e. The van der Waals surface area contributed by atoms with Crippen molar-refractivity contribution < 1.29 is 19.1 Å². The molecule has 6 heteroatoms. The summed E-state index contributed by atoms with van der Waals surface area (Å²) in [5.41, 5.74) is 0. The summed E-state index contributed by atoms with van der Waals surface area (Å²) >= 11 is 0. The Bertz CT molecular complexity index is 668. The van der Waals surface area contributed by atoms with E-state index in [1.54, 1.807) is 4.90 Å². The highest BCUT2D eigenvalue weighted by Crippen LogP contribution is 2.31. The first-order chi connectivity index (χ1) is 13.7. The van der Waals surface area contributed by atoms with Crippen LogP contribution in [0.1, 0.15) is 38.5 Å². The van der Waals surface area contributed by atoms with Crippen molar-refractivity contribution >= 4 is 11.8 Å². The third-order valence-corrected chi connectivity index (χ3v) is 6.17. The number of rotatable bonds is 5. The molecule has 0 spiro atoms. The number of amides is 2. The molecule has 2 saturated heterocycles. The van der Waals surface area contributed by atoms with E-state index in [1.807, 2.05) is 35.2 Å². The SMILES string of the molecule is O=C([C@@H]1C[C@H](Oc2ccccc2)CN1C(=O)CC1CCCC1)N1CCOCC1. The van der Waals surface area contributed by atoms with Gasteiger partial charge in [0.25, 0.3) is 0 Å². The first-order valence-corrected chi connectivity index (χ1v) is 10.6. The quantitative estimate of drug-likeness (QED) is 0.780. The van der Waals surface area contributed by atoms with E-state index in [9.17, 15) is 9.59 Å². The maximum absolute atomic E-state index is 13.2. The second-order valence-corrected chi connectivity index (χ2v) is 8.14. The fraction of sp³-hybridized carbons (Fsp3) is 0.636. The molecule has 1 aromatic rings. The highest BCUT2D eigenvalue weighted by Gasteiger charge is 2.43. The van der Waals surface area contributed by atoms with E-state index in [0.29, 0.717) is 51.6 Å². The Balaban J connectivity index is 1.46. The predicted octanol–water partition coefficient (Wildman–Crippen LogP) is 2.47. The van der Waals surface area contributed by atoms with Crippen molar-refractivity contribution in [3.63, 3.8) is 0 Å². The topological polar surface area (TPSA) is 59.1 Å². The molecule has 2 atom stereocenters. The van der Waals surface area contributed by atoms with E-state index in [2.05, 4.69) is 0 Å². The summed E-state index contributed by atoms with van der Waals surface area (Å²) in [4.78, 5) is 29.9. The summed E-state index contributed by atoms with van der Waals surface area (Å²) < 4.78 is 11.5. The highest BCUT2D eigenvalue weighted by atomic mass is 16.5. The van der Waals surface area contributed by atoms with Crippen LogP contribution in [0.5, 0.6) is 5.75 Å². The molecule has 3 fully saturated rings. The van der Waals surface area contributed by atoms with Crippen LogP contribution < -0.4 is 4.74 Å². The Morgan fingerprint density at radius 3 is 2.50 bits per heavy atom. The van der Waals surface area contributed by atoms with Crippen molar-refractivity contribution in [2.45, 2.75) is 50.7 Å². The van der Waals surface area contributed by atoms with E-state index in [-0.39, 0.29) is 17.9 Å². The van der Waals surface area contributed by atoms with E-state index in [0.717, 1.165) is 18.6 Å². The van der Waals surface area contributed by atoms with Gasteiger partial charge in [0, 0.05) is 25.9 Å². The van der Waals surface area contributed by atoms with Gasteiger partial charge in [0.2, 0.25) is 11.8 Å². The van der Waals surface area contributed by atoms with Crippen LogP contribution in [-0.2, 0) is 14.3 Å². The Kier molecular flexibility index (Phi) is 6.15. The van der Waals surface area contributed by atoms with Crippen LogP contribution >= 0.6 is 0 Å². The summed E-state index contributed by atoms with van der Waals surface area (Å²) in [6.07, 6.45) is 5.66. The number of likely N-dealkylation sites (tertiary alicyclic amines) is 1. The van der Waals surface area contributed by atoms with Gasteiger partial charge in [0.05, 0.1) is 19.8 Å². The fourth-order valence-corrected chi connectivity index (χ4v) is 4.66. The number of hydrogen-bond donors (Lipinski definition) is 0. The zero-order chi connectivity index (χ0) is 19.3. The number of ether oxygens (including phenoxy) is 2. The molecule has 4 rings (SSSR count). The minimum Gasteiger partial charge on any atom is -0.488 e. The lowest BCUT2D eigenvalue weighted by Gasteiger charge is -2.32. The van der Waals surface area contributed by atoms with Gasteiger partial charge in [0.1, 0.15) is 17.9 Å². The molecule has 6 nitrogen and oxygen atoms in total. The van der Waals surface area contributed by atoms with Crippen molar-refractivity contribution in [1.82, 2.24) is 9.80 Å². The third-order valence-electron chi connectivity index (χ3n) is 6.17. The summed E-state index contributed by atoms with van der Waals surface area (Å²) in [7, 11) is 0. The van der Waals surface area contributed by atoms with Crippen LogP contribution in [0.3, 0.4) is 0 Å². The largest absolute Gasteiger partial charge is 0.488 e. The second kappa shape index (κ2) is 8.95. The summed E-state index contributed by atoms with van der Waals surface area (Å²) in [5, 5.41) is 0. The number of hydrogen-bond acceptors (Lipinski definition) is 4. The molecule has 0 radical (unpaired) electrons. The van der Waals surface area contributed by atoms with Gasteiger partial charge in [-0.15, -0.1) is 0 Å². The van der Waals surface area contributed by atoms with Gasteiger partial charge in [-0.1, -0.05) is 31.0 Å². The Labute approximate surface area is 166 Å². The van der Waals surface area contributed by atoms with Crippen LogP contribution in [0.15, 0.2) is 30.3 Å². The summed E-state index contributed by atoms with van der Waals surface area (Å²) in [5.74, 6) is 1.41. The molecule has 2 aliphatic heterocycles. The number of carbonyl (C=O) groups excluding carboxylic acids is 2. The molecule has 2 amide bonds. The zero-order valence-corrected chi connectivity index (χ0v) is 16.4. The van der Waals surface area contributed by atoms with Crippen molar-refractivity contribution in [3.05, 3.63) is 30.3 Å². The van der Waals surface area contributed by atoms with Crippen LogP contribution in [0.25, 0.3) is 0 Å². The van der Waals surface area contributed by atoms with Crippen LogP contribution in [0.2, 0.25) is 0 Å². The first-order valence-electron chi connectivity index (χ1n) is 10.6. The number of para-hydroxylation sites is 1. The minimum absolute atomic E-state index is 0.0437. The standard InChI is InChI=1S/C22H30N2O4/c25-21(14-17-6-4-5-7-17)24-16-19(28-18-8-2-1-3-9-18)15-20(24)22(26)23-10-12-27-13-11-23/h1-3,8-9,17,19-20H,4-7,10-16H2/t19-,20-/m0/s1. The summed E-state index contributed by atoms with van der Waals surface area (Å²) in [6.45, 7) is 2.83. The molecular formula is C22H30N2O4. The van der Waals surface area contributed by atoms with Gasteiger partial charge in [-0.05, 0) is 30.9 Å². The predicted molar refractivity (Wildman–Crippen MR) is 105 cm³/mol. The fourth-order valence-electron chi connectivity index (χ4n) is 4.66. The second-order valence-electron chi connectivity index (χ2n) is 8.14. The Morgan fingerprint density at radius 1 is 1.07 bits per heavy atom. The van der Waals surface area contributed by atoms with E-state index in [1.165, 1.54) is 12.8 Å². The van der Waals surface area contributed by atoms with Gasteiger partial charge in [-0.2, -0.15) is 0 Å². The molecule has 0 aromatic heterocycles. The molecule has 1 aliphatic carbocycles. The lowest BCUT2D eigenvalue weighted by molar-refractivity contribution is -0.146. The highest BCUT2D eigenvalue weighted by molar-refractivity contribution is 5.88. The molecule has 1 saturated carbocycles. The lowest BCUT2D eigenvalue weighted by atomic mass is 10.0. The lowest BCUT2D eigenvalue weighted by Crippen LogP contribution is -2.51. The van der Waals surface area contributed by atoms with Crippen molar-refractivity contribution in [2.24, 2.45) is 5.92 Å². The number of benzene rings is 1. The monoisotopic (exact) mass is 386 g/mol. The van der Waals surface area contributed by atoms with Crippen LogP contribution in [-0.4, -0.2) is 66.6 Å². The van der Waals surface area contributed by atoms with Gasteiger partial charge >= 0.3 is 0 Å². The van der Waals surface area contributed by atoms with Gasteiger partial charge < -0.3 is 19.3 Å². The maximum atomic E-state index is 13.2. The summed E-state index contributed by atoms with van der Waals surface area (Å²) in [6, 6.07) is 9.24. The number of carbonyl (C=O) groups is 2. The Morgan fingerprint density at radius 2 is 1.79 bits per heavy atom. The normalized spacial score (nSPS) is 25.9. The number of morpholine rings is 1. The van der Waals surface area contributed by atoms with Gasteiger partial charge in [-0.3, -0.25) is 9.59 Å². The molecule has 0 unspecified atom stereocenters. The molecule has 152 valence electrons. The molecule has 28 heavy (non-hydrogen) atoms. The van der Waals surface area contributed by atoms with Gasteiger partial charge in [-0.25, -0.2) is 0 Å². The smallest absolute Gasteiger partial charge is 0.245 e. The minimum atomic E-state index is -0.416. The molecular weight excluding hydrogens is 356 g/mol. The molecule has 1 aromatic carbocycles. The van der Waals surface area contributed by atoms with E-state index >= 15 is 0 Å². The first kappa shape index (κ1) is 19.2. The van der Waals surface area contributed by atoms with E-state index in [4.69, 9.17) is 9.47 Å². The number of nitrogens with zero attached hydrogens (tertiary/aromatic N) is 2. The average Bonchev–Trinajstić information content (AvgIpc) is 3.39. The van der Waals surface area contributed by atoms with Crippen molar-refractivity contribution in [2.75, 3.05) is 32.8 Å². The van der Waals surface area contributed by atoms with Crippen LogP contribution in [0, 0.1) is 5.92 Å². The molecule has 3 aliphatic rings.